The molecule has 206 valence electrons. The molecule has 0 saturated carbocycles. The maximum atomic E-state index is 13.4. The molecule has 2 amide bonds. The SMILES string of the molecule is CN(Cc1ccccc1)C(=O)CC1(COc2ccc(F)cc2)CCN(C(=O)c2ccc(C(C)(C)C)cc2)CC1. The Morgan fingerprint density at radius 3 is 2.13 bits per heavy atom. The topological polar surface area (TPSA) is 49.9 Å². The first-order chi connectivity index (χ1) is 18.5. The van der Waals surface area contributed by atoms with Gasteiger partial charge >= 0.3 is 0 Å². The first kappa shape index (κ1) is 28.3. The molecule has 1 aliphatic rings. The fourth-order valence-electron chi connectivity index (χ4n) is 5.02. The molecular formula is C33H39FN2O3. The van der Waals surface area contributed by atoms with Gasteiger partial charge in [-0.2, -0.15) is 0 Å². The van der Waals surface area contributed by atoms with Crippen molar-refractivity contribution in [3.05, 3.63) is 101 Å². The summed E-state index contributed by atoms with van der Waals surface area (Å²) in [6.07, 6.45) is 1.61. The maximum absolute atomic E-state index is 13.4. The van der Waals surface area contributed by atoms with E-state index in [1.807, 2.05) is 66.5 Å². The Bertz CT molecular complexity index is 1240. The number of likely N-dealkylation sites (tertiary alicyclic amines) is 1. The van der Waals surface area contributed by atoms with E-state index >= 15 is 0 Å². The van der Waals surface area contributed by atoms with E-state index < -0.39 is 5.41 Å². The zero-order chi connectivity index (χ0) is 28.0. The van der Waals surface area contributed by atoms with E-state index in [-0.39, 0.29) is 23.0 Å². The molecule has 0 radical (unpaired) electrons. The second-order valence-corrected chi connectivity index (χ2v) is 11.8. The van der Waals surface area contributed by atoms with E-state index in [4.69, 9.17) is 4.74 Å². The highest BCUT2D eigenvalue weighted by Crippen LogP contribution is 2.37. The fraction of sp³-hybridized carbons (Fsp3) is 0.394. The van der Waals surface area contributed by atoms with Crippen molar-refractivity contribution in [1.29, 1.82) is 0 Å². The van der Waals surface area contributed by atoms with E-state index in [0.29, 0.717) is 56.8 Å². The van der Waals surface area contributed by atoms with Crippen LogP contribution in [0, 0.1) is 11.2 Å². The van der Waals surface area contributed by atoms with Crippen LogP contribution in [0.25, 0.3) is 0 Å². The van der Waals surface area contributed by atoms with Crippen LogP contribution in [0.5, 0.6) is 5.75 Å². The Morgan fingerprint density at radius 1 is 0.923 bits per heavy atom. The van der Waals surface area contributed by atoms with E-state index in [9.17, 15) is 14.0 Å². The molecule has 0 aromatic heterocycles. The summed E-state index contributed by atoms with van der Waals surface area (Å²) in [6, 6.07) is 23.7. The van der Waals surface area contributed by atoms with Gasteiger partial charge in [-0.25, -0.2) is 4.39 Å². The lowest BCUT2D eigenvalue weighted by Gasteiger charge is -2.42. The molecule has 1 heterocycles. The molecule has 39 heavy (non-hydrogen) atoms. The number of nitrogens with zero attached hydrogens (tertiary/aromatic N) is 2. The molecule has 0 bridgehead atoms. The number of ether oxygens (including phenoxy) is 1. The Morgan fingerprint density at radius 2 is 1.54 bits per heavy atom. The fourth-order valence-corrected chi connectivity index (χ4v) is 5.02. The van der Waals surface area contributed by atoms with Crippen molar-refractivity contribution in [3.8, 4) is 5.75 Å². The van der Waals surface area contributed by atoms with Crippen LogP contribution in [0.15, 0.2) is 78.9 Å². The van der Waals surface area contributed by atoms with Gasteiger partial charge in [0.15, 0.2) is 0 Å². The smallest absolute Gasteiger partial charge is 0.253 e. The lowest BCUT2D eigenvalue weighted by atomic mass is 9.75. The molecule has 5 nitrogen and oxygen atoms in total. The van der Waals surface area contributed by atoms with Crippen molar-refractivity contribution in [2.45, 2.75) is 52.0 Å². The van der Waals surface area contributed by atoms with Crippen molar-refractivity contribution < 1.29 is 18.7 Å². The summed E-state index contributed by atoms with van der Waals surface area (Å²) in [6.45, 7) is 8.40. The maximum Gasteiger partial charge on any atom is 0.253 e. The first-order valence-electron chi connectivity index (χ1n) is 13.6. The summed E-state index contributed by atoms with van der Waals surface area (Å²) in [5, 5.41) is 0. The molecule has 4 rings (SSSR count). The molecule has 0 atom stereocenters. The highest BCUT2D eigenvalue weighted by atomic mass is 19.1. The average Bonchev–Trinajstić information content (AvgIpc) is 2.93. The van der Waals surface area contributed by atoms with Crippen LogP contribution in [-0.4, -0.2) is 48.4 Å². The molecule has 1 saturated heterocycles. The monoisotopic (exact) mass is 530 g/mol. The second-order valence-electron chi connectivity index (χ2n) is 11.8. The minimum Gasteiger partial charge on any atom is -0.493 e. The number of carbonyl (C=O) groups is 2. The normalized spacial score (nSPS) is 15.1. The van der Waals surface area contributed by atoms with Crippen LogP contribution in [0.1, 0.15) is 61.5 Å². The quantitative estimate of drug-likeness (QED) is 0.335. The van der Waals surface area contributed by atoms with Crippen LogP contribution in [0.2, 0.25) is 0 Å². The molecule has 3 aromatic rings. The van der Waals surface area contributed by atoms with Gasteiger partial charge < -0.3 is 14.5 Å². The number of halogens is 1. The number of benzene rings is 3. The summed E-state index contributed by atoms with van der Waals surface area (Å²) in [7, 11) is 1.82. The Kier molecular flexibility index (Phi) is 8.73. The van der Waals surface area contributed by atoms with Gasteiger partial charge in [0.25, 0.3) is 5.91 Å². The van der Waals surface area contributed by atoms with Crippen LogP contribution in [0.3, 0.4) is 0 Å². The van der Waals surface area contributed by atoms with E-state index in [0.717, 1.165) is 5.56 Å². The number of hydrogen-bond acceptors (Lipinski definition) is 3. The zero-order valence-electron chi connectivity index (χ0n) is 23.5. The Balaban J connectivity index is 1.45. The highest BCUT2D eigenvalue weighted by molar-refractivity contribution is 5.94. The number of amides is 2. The molecule has 6 heteroatoms. The molecule has 0 unspecified atom stereocenters. The lowest BCUT2D eigenvalue weighted by Crippen LogP contribution is -2.47. The van der Waals surface area contributed by atoms with Gasteiger partial charge in [0.1, 0.15) is 11.6 Å². The van der Waals surface area contributed by atoms with Crippen molar-refractivity contribution in [2.75, 3.05) is 26.7 Å². The number of hydrogen-bond donors (Lipinski definition) is 0. The van der Waals surface area contributed by atoms with Gasteiger partial charge in [0.2, 0.25) is 5.91 Å². The van der Waals surface area contributed by atoms with Crippen molar-refractivity contribution in [1.82, 2.24) is 9.80 Å². The predicted octanol–water partition coefficient (Wildman–Crippen LogP) is 6.47. The summed E-state index contributed by atoms with van der Waals surface area (Å²) in [5.41, 5.74) is 2.53. The van der Waals surface area contributed by atoms with Gasteiger partial charge in [0, 0.05) is 44.1 Å². The molecule has 0 N–H and O–H groups in total. The van der Waals surface area contributed by atoms with Crippen LogP contribution < -0.4 is 4.74 Å². The number of rotatable bonds is 8. The van der Waals surface area contributed by atoms with Crippen molar-refractivity contribution in [3.63, 3.8) is 0 Å². The third-order valence-corrected chi connectivity index (χ3v) is 7.68. The summed E-state index contributed by atoms with van der Waals surface area (Å²) in [5.74, 6) is 0.297. The first-order valence-corrected chi connectivity index (χ1v) is 13.6. The minimum atomic E-state index is -0.427. The standard InChI is InChI=1S/C33H39FN2O3/c1-32(2,3)27-12-10-26(11-13-27)31(38)36-20-18-33(19-21-36,24-39-29-16-14-28(34)15-17-29)22-30(37)35(4)23-25-8-6-5-7-9-25/h5-17H,18-24H2,1-4H3. The van der Waals surface area contributed by atoms with Crippen LogP contribution >= 0.6 is 0 Å². The van der Waals surface area contributed by atoms with Crippen molar-refractivity contribution >= 4 is 11.8 Å². The highest BCUT2D eigenvalue weighted by Gasteiger charge is 2.39. The molecule has 0 spiro atoms. The van der Waals surface area contributed by atoms with Gasteiger partial charge in [-0.3, -0.25) is 9.59 Å². The van der Waals surface area contributed by atoms with E-state index in [1.54, 1.807) is 17.0 Å². The van der Waals surface area contributed by atoms with Gasteiger partial charge in [-0.15, -0.1) is 0 Å². The van der Waals surface area contributed by atoms with Gasteiger partial charge in [-0.05, 0) is 65.8 Å². The predicted molar refractivity (Wildman–Crippen MR) is 152 cm³/mol. The summed E-state index contributed by atoms with van der Waals surface area (Å²) in [4.78, 5) is 30.3. The molecule has 1 aliphatic heterocycles. The van der Waals surface area contributed by atoms with Crippen LogP contribution in [-0.2, 0) is 16.8 Å². The molecule has 0 aliphatic carbocycles. The number of piperidine rings is 1. The Hall–Kier alpha value is -3.67. The average molecular weight is 531 g/mol. The minimum absolute atomic E-state index is 0.0102. The van der Waals surface area contributed by atoms with E-state index in [1.165, 1.54) is 17.7 Å². The van der Waals surface area contributed by atoms with Gasteiger partial charge in [-0.1, -0.05) is 63.2 Å². The number of carbonyl (C=O) groups excluding carboxylic acids is 2. The molecular weight excluding hydrogens is 491 g/mol. The van der Waals surface area contributed by atoms with Crippen LogP contribution in [0.4, 0.5) is 4.39 Å². The molecule has 3 aromatic carbocycles. The summed E-state index contributed by atoms with van der Waals surface area (Å²) < 4.78 is 19.5. The van der Waals surface area contributed by atoms with Gasteiger partial charge in [0.05, 0.1) is 6.61 Å². The van der Waals surface area contributed by atoms with Crippen molar-refractivity contribution in [2.24, 2.45) is 5.41 Å². The Labute approximate surface area is 231 Å². The third kappa shape index (κ3) is 7.47. The summed E-state index contributed by atoms with van der Waals surface area (Å²) >= 11 is 0. The zero-order valence-corrected chi connectivity index (χ0v) is 23.5. The third-order valence-electron chi connectivity index (χ3n) is 7.68. The second kappa shape index (κ2) is 12.0. The molecule has 1 fully saturated rings. The van der Waals surface area contributed by atoms with E-state index in [2.05, 4.69) is 20.8 Å². The largest absolute Gasteiger partial charge is 0.493 e. The lowest BCUT2D eigenvalue weighted by molar-refractivity contribution is -0.134.